The van der Waals surface area contributed by atoms with E-state index < -0.39 is 0 Å². The highest BCUT2D eigenvalue weighted by molar-refractivity contribution is 9.10. The molecule has 1 saturated carbocycles. The van der Waals surface area contributed by atoms with E-state index in [1.165, 1.54) is 31.2 Å². The molecule has 1 fully saturated rings. The Morgan fingerprint density at radius 2 is 2.14 bits per heavy atom. The summed E-state index contributed by atoms with van der Waals surface area (Å²) in [7, 11) is 0. The average molecular weight is 256 g/mol. The zero-order chi connectivity index (χ0) is 9.97. The zero-order valence-corrected chi connectivity index (χ0v) is 9.88. The SMILES string of the molecule is Cc1ccnc(OC2CCCC2)c1Br. The molecule has 1 aliphatic carbocycles. The van der Waals surface area contributed by atoms with E-state index in [4.69, 9.17) is 4.74 Å². The van der Waals surface area contributed by atoms with Crippen molar-refractivity contribution in [1.29, 1.82) is 0 Å². The van der Waals surface area contributed by atoms with Crippen molar-refractivity contribution >= 4 is 15.9 Å². The summed E-state index contributed by atoms with van der Waals surface area (Å²) in [5, 5.41) is 0. The molecule has 2 nitrogen and oxygen atoms in total. The van der Waals surface area contributed by atoms with Gasteiger partial charge in [0.1, 0.15) is 6.10 Å². The lowest BCUT2D eigenvalue weighted by atomic mass is 10.3. The minimum Gasteiger partial charge on any atom is -0.474 e. The van der Waals surface area contributed by atoms with Crippen LogP contribution >= 0.6 is 15.9 Å². The topological polar surface area (TPSA) is 22.1 Å². The van der Waals surface area contributed by atoms with Gasteiger partial charge in [-0.3, -0.25) is 0 Å². The quantitative estimate of drug-likeness (QED) is 0.808. The van der Waals surface area contributed by atoms with Gasteiger partial charge in [-0.1, -0.05) is 0 Å². The Kier molecular flexibility index (Phi) is 3.06. The Morgan fingerprint density at radius 1 is 1.43 bits per heavy atom. The van der Waals surface area contributed by atoms with Crippen LogP contribution in [0.5, 0.6) is 5.88 Å². The number of pyridine rings is 1. The van der Waals surface area contributed by atoms with Gasteiger partial charge in [-0.05, 0) is 60.2 Å². The van der Waals surface area contributed by atoms with Crippen LogP contribution in [0, 0.1) is 6.92 Å². The van der Waals surface area contributed by atoms with Crippen molar-refractivity contribution in [3.63, 3.8) is 0 Å². The number of nitrogens with zero attached hydrogens (tertiary/aromatic N) is 1. The molecule has 3 heteroatoms. The predicted octanol–water partition coefficient (Wildman–Crippen LogP) is 3.47. The number of hydrogen-bond acceptors (Lipinski definition) is 2. The van der Waals surface area contributed by atoms with E-state index in [0.29, 0.717) is 6.10 Å². The lowest BCUT2D eigenvalue weighted by Gasteiger charge is -2.13. The van der Waals surface area contributed by atoms with Gasteiger partial charge in [0.2, 0.25) is 5.88 Å². The second-order valence-corrected chi connectivity index (χ2v) is 4.56. The second kappa shape index (κ2) is 4.30. The van der Waals surface area contributed by atoms with Crippen molar-refractivity contribution in [2.24, 2.45) is 0 Å². The normalized spacial score (nSPS) is 17.3. The molecule has 1 aromatic heterocycles. The molecule has 1 heterocycles. The Morgan fingerprint density at radius 3 is 2.86 bits per heavy atom. The fourth-order valence-corrected chi connectivity index (χ4v) is 2.09. The molecular formula is C11H14BrNO. The first-order valence-corrected chi connectivity index (χ1v) is 5.84. The smallest absolute Gasteiger partial charge is 0.228 e. The molecule has 0 atom stereocenters. The van der Waals surface area contributed by atoms with Crippen LogP contribution in [0.1, 0.15) is 31.2 Å². The molecule has 76 valence electrons. The first kappa shape index (κ1) is 9.97. The standard InChI is InChI=1S/C11H14BrNO/c1-8-6-7-13-11(10(8)12)14-9-4-2-3-5-9/h6-7,9H,2-5H2,1H3. The van der Waals surface area contributed by atoms with Crippen molar-refractivity contribution in [3.8, 4) is 5.88 Å². The van der Waals surface area contributed by atoms with E-state index in [2.05, 4.69) is 20.9 Å². The van der Waals surface area contributed by atoms with Crippen molar-refractivity contribution < 1.29 is 4.74 Å². The lowest BCUT2D eigenvalue weighted by Crippen LogP contribution is -2.12. The summed E-state index contributed by atoms with van der Waals surface area (Å²) in [6.07, 6.45) is 7.08. The Balaban J connectivity index is 2.11. The van der Waals surface area contributed by atoms with Crippen LogP contribution in [-0.4, -0.2) is 11.1 Å². The molecule has 2 rings (SSSR count). The molecular weight excluding hydrogens is 242 g/mol. The molecule has 0 radical (unpaired) electrons. The molecule has 1 aromatic rings. The number of hydrogen-bond donors (Lipinski definition) is 0. The van der Waals surface area contributed by atoms with E-state index in [0.717, 1.165) is 10.4 Å². The first-order chi connectivity index (χ1) is 6.77. The fraction of sp³-hybridized carbons (Fsp3) is 0.545. The monoisotopic (exact) mass is 255 g/mol. The summed E-state index contributed by atoms with van der Waals surface area (Å²) in [5.41, 5.74) is 1.17. The molecule has 0 unspecified atom stereocenters. The third kappa shape index (κ3) is 2.08. The van der Waals surface area contributed by atoms with Crippen LogP contribution in [0.2, 0.25) is 0 Å². The van der Waals surface area contributed by atoms with Gasteiger partial charge >= 0.3 is 0 Å². The molecule has 0 saturated heterocycles. The van der Waals surface area contributed by atoms with Crippen LogP contribution in [0.4, 0.5) is 0 Å². The fourth-order valence-electron chi connectivity index (χ4n) is 1.76. The average Bonchev–Trinajstić information content (AvgIpc) is 2.66. The highest BCUT2D eigenvalue weighted by Crippen LogP contribution is 2.29. The van der Waals surface area contributed by atoms with Crippen molar-refractivity contribution in [1.82, 2.24) is 4.98 Å². The van der Waals surface area contributed by atoms with E-state index in [-0.39, 0.29) is 0 Å². The van der Waals surface area contributed by atoms with E-state index in [1.807, 2.05) is 13.0 Å². The van der Waals surface area contributed by atoms with Gasteiger partial charge in [-0.15, -0.1) is 0 Å². The predicted molar refractivity (Wildman–Crippen MR) is 59.6 cm³/mol. The largest absolute Gasteiger partial charge is 0.474 e. The minimum absolute atomic E-state index is 0.376. The molecule has 0 aliphatic heterocycles. The molecule has 0 aromatic carbocycles. The number of rotatable bonds is 2. The zero-order valence-electron chi connectivity index (χ0n) is 8.29. The lowest BCUT2D eigenvalue weighted by molar-refractivity contribution is 0.200. The molecule has 0 spiro atoms. The summed E-state index contributed by atoms with van der Waals surface area (Å²) in [6, 6.07) is 1.98. The van der Waals surface area contributed by atoms with Gasteiger partial charge in [0, 0.05) is 6.20 Å². The third-order valence-electron chi connectivity index (χ3n) is 2.63. The maximum atomic E-state index is 5.83. The van der Waals surface area contributed by atoms with Gasteiger partial charge in [0.15, 0.2) is 0 Å². The van der Waals surface area contributed by atoms with Gasteiger partial charge < -0.3 is 4.74 Å². The highest BCUT2D eigenvalue weighted by Gasteiger charge is 2.18. The minimum atomic E-state index is 0.376. The van der Waals surface area contributed by atoms with Gasteiger partial charge in [-0.2, -0.15) is 0 Å². The van der Waals surface area contributed by atoms with Crippen molar-refractivity contribution in [3.05, 3.63) is 22.3 Å². The molecule has 0 N–H and O–H groups in total. The van der Waals surface area contributed by atoms with Crippen LogP contribution in [-0.2, 0) is 0 Å². The molecule has 1 aliphatic rings. The van der Waals surface area contributed by atoms with Crippen LogP contribution in [0.15, 0.2) is 16.7 Å². The summed E-state index contributed by atoms with van der Waals surface area (Å²) in [4.78, 5) is 4.23. The number of aromatic nitrogens is 1. The third-order valence-corrected chi connectivity index (χ3v) is 3.60. The molecule has 0 amide bonds. The van der Waals surface area contributed by atoms with Gasteiger partial charge in [0.05, 0.1) is 4.47 Å². The summed E-state index contributed by atoms with van der Waals surface area (Å²) < 4.78 is 6.82. The maximum absolute atomic E-state index is 5.83. The Bertz CT molecular complexity index is 321. The number of ether oxygens (including phenoxy) is 1. The second-order valence-electron chi connectivity index (χ2n) is 3.77. The summed E-state index contributed by atoms with van der Waals surface area (Å²) in [5.74, 6) is 0.747. The van der Waals surface area contributed by atoms with Crippen LogP contribution in [0.3, 0.4) is 0 Å². The maximum Gasteiger partial charge on any atom is 0.228 e. The first-order valence-electron chi connectivity index (χ1n) is 5.05. The van der Waals surface area contributed by atoms with Crippen LogP contribution in [0.25, 0.3) is 0 Å². The Labute approximate surface area is 92.8 Å². The van der Waals surface area contributed by atoms with Crippen LogP contribution < -0.4 is 4.74 Å². The highest BCUT2D eigenvalue weighted by atomic mass is 79.9. The summed E-state index contributed by atoms with van der Waals surface area (Å²) >= 11 is 3.50. The summed E-state index contributed by atoms with van der Waals surface area (Å²) in [6.45, 7) is 2.05. The van der Waals surface area contributed by atoms with Gasteiger partial charge in [-0.25, -0.2) is 4.98 Å². The van der Waals surface area contributed by atoms with E-state index in [9.17, 15) is 0 Å². The van der Waals surface area contributed by atoms with Gasteiger partial charge in [0.25, 0.3) is 0 Å². The Hall–Kier alpha value is -0.570. The molecule has 0 bridgehead atoms. The number of aryl methyl sites for hydroxylation is 1. The van der Waals surface area contributed by atoms with Crippen molar-refractivity contribution in [2.45, 2.75) is 38.7 Å². The van der Waals surface area contributed by atoms with E-state index in [1.54, 1.807) is 6.20 Å². The van der Waals surface area contributed by atoms with E-state index >= 15 is 0 Å². The molecule has 14 heavy (non-hydrogen) atoms. The van der Waals surface area contributed by atoms with Crippen molar-refractivity contribution in [2.75, 3.05) is 0 Å². The number of halogens is 1.